The third-order valence-electron chi connectivity index (χ3n) is 6.65. The second kappa shape index (κ2) is 11.3. The second-order valence-electron chi connectivity index (χ2n) is 9.38. The fourth-order valence-electron chi connectivity index (χ4n) is 4.75. The van der Waals surface area contributed by atoms with Crippen LogP contribution in [0.5, 0.6) is 5.75 Å². The molecule has 5 rings (SSSR count). The first-order valence-electron chi connectivity index (χ1n) is 12.7. The first kappa shape index (κ1) is 25.2. The summed E-state index contributed by atoms with van der Waals surface area (Å²) in [5.41, 5.74) is 2.27. The number of furan rings is 1. The summed E-state index contributed by atoms with van der Waals surface area (Å²) in [7, 11) is 1.60. The van der Waals surface area contributed by atoms with Crippen LogP contribution >= 0.6 is 0 Å². The predicted molar refractivity (Wildman–Crippen MR) is 140 cm³/mol. The van der Waals surface area contributed by atoms with Gasteiger partial charge in [0, 0.05) is 17.3 Å². The van der Waals surface area contributed by atoms with Gasteiger partial charge in [-0.2, -0.15) is 4.80 Å². The molecule has 1 fully saturated rings. The number of rotatable bonds is 9. The zero-order chi connectivity index (χ0) is 26.5. The summed E-state index contributed by atoms with van der Waals surface area (Å²) < 4.78 is 10.9. The number of tetrazole rings is 1. The molecule has 2 heterocycles. The summed E-state index contributed by atoms with van der Waals surface area (Å²) in [6, 6.07) is 17.2. The van der Waals surface area contributed by atoms with Gasteiger partial charge in [-0.3, -0.25) is 14.5 Å². The Hall–Kier alpha value is -4.47. The average molecular weight is 515 g/mol. The van der Waals surface area contributed by atoms with Crippen LogP contribution in [0.4, 0.5) is 5.69 Å². The van der Waals surface area contributed by atoms with Crippen molar-refractivity contribution in [1.82, 2.24) is 25.5 Å². The Labute approximate surface area is 220 Å². The highest BCUT2D eigenvalue weighted by atomic mass is 16.5. The molecule has 196 valence electrons. The van der Waals surface area contributed by atoms with Crippen molar-refractivity contribution in [2.75, 3.05) is 12.0 Å². The number of carbonyl (C=O) groups is 2. The lowest BCUT2D eigenvalue weighted by molar-refractivity contribution is -0.128. The number of hydrogen-bond acceptors (Lipinski definition) is 7. The molecular weight excluding hydrogens is 484 g/mol. The molecule has 0 unspecified atom stereocenters. The standard InChI is InChI=1S/C28H30N6O4/c1-19-7-5-10-22(17-19)34(26(24-11-6-16-38-24)28(36)29-21-8-3-4-9-21)25(35)18-33-31-27(30-32-33)20-12-14-23(37-2)15-13-20/h5-7,10-17,21,26H,3-4,8-9,18H2,1-2H3,(H,29,36)/t26-/m0/s1. The Balaban J connectivity index is 1.45. The Morgan fingerprint density at radius 1 is 1.13 bits per heavy atom. The maximum absolute atomic E-state index is 13.9. The first-order valence-corrected chi connectivity index (χ1v) is 12.7. The fraction of sp³-hybridized carbons (Fsp3) is 0.321. The third kappa shape index (κ3) is 5.59. The number of nitrogens with one attached hydrogen (secondary N) is 1. The summed E-state index contributed by atoms with van der Waals surface area (Å²) in [6.45, 7) is 1.72. The van der Waals surface area contributed by atoms with Crippen LogP contribution in [0.2, 0.25) is 0 Å². The van der Waals surface area contributed by atoms with Gasteiger partial charge >= 0.3 is 0 Å². The minimum absolute atomic E-state index is 0.0819. The van der Waals surface area contributed by atoms with Crippen molar-refractivity contribution in [2.24, 2.45) is 0 Å². The predicted octanol–water partition coefficient (Wildman–Crippen LogP) is 4.08. The Morgan fingerprint density at radius 3 is 2.61 bits per heavy atom. The molecule has 0 aliphatic heterocycles. The van der Waals surface area contributed by atoms with Gasteiger partial charge in [0.05, 0.1) is 13.4 Å². The van der Waals surface area contributed by atoms with E-state index in [1.54, 1.807) is 37.4 Å². The molecule has 2 aromatic carbocycles. The molecular formula is C28H30N6O4. The lowest BCUT2D eigenvalue weighted by Crippen LogP contribution is -2.47. The van der Waals surface area contributed by atoms with Crippen LogP contribution in [0, 0.1) is 6.92 Å². The SMILES string of the molecule is COc1ccc(-c2nnn(CC(=O)N(c3cccc(C)c3)[C@H](C(=O)NC3CCCC3)c3ccco3)n2)cc1. The molecule has 1 saturated carbocycles. The van der Waals surface area contributed by atoms with E-state index in [1.807, 2.05) is 37.3 Å². The number of carbonyl (C=O) groups excluding carboxylic acids is 2. The zero-order valence-corrected chi connectivity index (χ0v) is 21.4. The number of nitrogens with zero attached hydrogens (tertiary/aromatic N) is 5. The van der Waals surface area contributed by atoms with E-state index in [9.17, 15) is 9.59 Å². The number of hydrogen-bond donors (Lipinski definition) is 1. The summed E-state index contributed by atoms with van der Waals surface area (Å²) in [4.78, 5) is 30.3. The number of benzene rings is 2. The maximum atomic E-state index is 13.9. The molecule has 0 bridgehead atoms. The third-order valence-corrected chi connectivity index (χ3v) is 6.65. The van der Waals surface area contributed by atoms with E-state index in [2.05, 4.69) is 20.7 Å². The summed E-state index contributed by atoms with van der Waals surface area (Å²) in [5, 5.41) is 15.7. The lowest BCUT2D eigenvalue weighted by atomic mass is 10.1. The van der Waals surface area contributed by atoms with Gasteiger partial charge in [-0.1, -0.05) is 25.0 Å². The number of amides is 2. The van der Waals surface area contributed by atoms with Gasteiger partial charge in [0.1, 0.15) is 18.1 Å². The van der Waals surface area contributed by atoms with Gasteiger partial charge in [-0.05, 0) is 79.1 Å². The van der Waals surface area contributed by atoms with Gasteiger partial charge in [-0.25, -0.2) is 0 Å². The normalized spacial score (nSPS) is 14.3. The number of aryl methyl sites for hydroxylation is 1. The summed E-state index contributed by atoms with van der Waals surface area (Å²) in [5.74, 6) is 0.805. The molecule has 2 amide bonds. The maximum Gasteiger partial charge on any atom is 0.251 e. The molecule has 10 nitrogen and oxygen atoms in total. The van der Waals surface area contributed by atoms with E-state index in [-0.39, 0.29) is 24.4 Å². The highest BCUT2D eigenvalue weighted by Crippen LogP contribution is 2.30. The van der Waals surface area contributed by atoms with Gasteiger partial charge in [0.2, 0.25) is 5.82 Å². The number of anilines is 1. The van der Waals surface area contributed by atoms with Gasteiger partial charge < -0.3 is 14.5 Å². The molecule has 1 aliphatic carbocycles. The van der Waals surface area contributed by atoms with Gasteiger partial charge in [-0.15, -0.1) is 10.2 Å². The molecule has 0 saturated heterocycles. The van der Waals surface area contributed by atoms with Crippen LogP contribution in [0.3, 0.4) is 0 Å². The van der Waals surface area contributed by atoms with Crippen LogP contribution in [-0.4, -0.2) is 45.2 Å². The van der Waals surface area contributed by atoms with Crippen molar-refractivity contribution >= 4 is 17.5 Å². The smallest absolute Gasteiger partial charge is 0.251 e. The van der Waals surface area contributed by atoms with Gasteiger partial charge in [0.25, 0.3) is 11.8 Å². The zero-order valence-electron chi connectivity index (χ0n) is 21.4. The summed E-state index contributed by atoms with van der Waals surface area (Å²) >= 11 is 0. The van der Waals surface area contributed by atoms with Crippen LogP contribution in [-0.2, 0) is 16.1 Å². The molecule has 1 N–H and O–H groups in total. The highest BCUT2D eigenvalue weighted by molar-refractivity contribution is 6.01. The Bertz CT molecular complexity index is 1380. The van der Waals surface area contributed by atoms with Crippen molar-refractivity contribution in [1.29, 1.82) is 0 Å². The van der Waals surface area contributed by atoms with E-state index in [4.69, 9.17) is 9.15 Å². The van der Waals surface area contributed by atoms with Crippen LogP contribution in [0.15, 0.2) is 71.3 Å². The van der Waals surface area contributed by atoms with Crippen molar-refractivity contribution in [3.63, 3.8) is 0 Å². The van der Waals surface area contributed by atoms with Crippen LogP contribution in [0.1, 0.15) is 43.0 Å². The monoisotopic (exact) mass is 514 g/mol. The van der Waals surface area contributed by atoms with Crippen molar-refractivity contribution < 1.29 is 18.7 Å². The van der Waals surface area contributed by atoms with Crippen molar-refractivity contribution in [3.8, 4) is 17.1 Å². The number of aromatic nitrogens is 4. The molecule has 38 heavy (non-hydrogen) atoms. The average Bonchev–Trinajstić information content (AvgIpc) is 3.71. The fourth-order valence-corrected chi connectivity index (χ4v) is 4.75. The molecule has 0 spiro atoms. The minimum Gasteiger partial charge on any atom is -0.497 e. The lowest BCUT2D eigenvalue weighted by Gasteiger charge is -2.30. The Morgan fingerprint density at radius 2 is 1.92 bits per heavy atom. The second-order valence-corrected chi connectivity index (χ2v) is 9.38. The molecule has 1 atom stereocenters. The number of ether oxygens (including phenoxy) is 1. The van der Waals surface area contributed by atoms with E-state index >= 15 is 0 Å². The molecule has 0 radical (unpaired) electrons. The van der Waals surface area contributed by atoms with E-state index < -0.39 is 6.04 Å². The largest absolute Gasteiger partial charge is 0.497 e. The highest BCUT2D eigenvalue weighted by Gasteiger charge is 2.36. The topological polar surface area (TPSA) is 115 Å². The molecule has 4 aromatic rings. The minimum atomic E-state index is -0.996. The molecule has 1 aliphatic rings. The molecule has 10 heteroatoms. The van der Waals surface area contributed by atoms with Crippen molar-refractivity contribution in [3.05, 3.63) is 78.3 Å². The van der Waals surface area contributed by atoms with Crippen molar-refractivity contribution in [2.45, 2.75) is 51.2 Å². The summed E-state index contributed by atoms with van der Waals surface area (Å²) in [6.07, 6.45) is 5.50. The van der Waals surface area contributed by atoms with E-state index in [0.717, 1.165) is 36.8 Å². The van der Waals surface area contributed by atoms with Crippen LogP contribution in [0.25, 0.3) is 11.4 Å². The first-order chi connectivity index (χ1) is 18.5. The van der Waals surface area contributed by atoms with Crippen LogP contribution < -0.4 is 15.0 Å². The van der Waals surface area contributed by atoms with Gasteiger partial charge in [0.15, 0.2) is 6.04 Å². The quantitative estimate of drug-likeness (QED) is 0.358. The number of methoxy groups -OCH3 is 1. The molecule has 2 aromatic heterocycles. The Kier molecular flexibility index (Phi) is 7.48. The van der Waals surface area contributed by atoms with E-state index in [1.165, 1.54) is 16.0 Å². The van der Waals surface area contributed by atoms with E-state index in [0.29, 0.717) is 23.0 Å².